The summed E-state index contributed by atoms with van der Waals surface area (Å²) in [6, 6.07) is 1.78. The lowest BCUT2D eigenvalue weighted by molar-refractivity contribution is 0.562. The fourth-order valence-electron chi connectivity index (χ4n) is 0.830. The SMILES string of the molecule is Cc1cc([C]=O)c(C)[nH]1. The van der Waals surface area contributed by atoms with Crippen LogP contribution in [0, 0.1) is 13.8 Å². The van der Waals surface area contributed by atoms with E-state index in [9.17, 15) is 4.79 Å². The van der Waals surface area contributed by atoms with Gasteiger partial charge < -0.3 is 4.98 Å². The largest absolute Gasteiger partial charge is 0.362 e. The van der Waals surface area contributed by atoms with Crippen molar-refractivity contribution in [3.8, 4) is 0 Å². The molecule has 0 saturated heterocycles. The maximum absolute atomic E-state index is 10.1. The monoisotopic (exact) mass is 122 g/mol. The van der Waals surface area contributed by atoms with Gasteiger partial charge in [-0.25, -0.2) is 0 Å². The second-order valence-corrected chi connectivity index (χ2v) is 2.09. The average Bonchev–Trinajstić information content (AvgIpc) is 2.10. The highest BCUT2D eigenvalue weighted by atomic mass is 16.1. The van der Waals surface area contributed by atoms with E-state index in [0.29, 0.717) is 5.56 Å². The van der Waals surface area contributed by atoms with Gasteiger partial charge in [0.15, 0.2) is 0 Å². The molecule has 0 aromatic carbocycles. The third-order valence-corrected chi connectivity index (χ3v) is 1.26. The Morgan fingerprint density at radius 2 is 2.22 bits per heavy atom. The molecular weight excluding hydrogens is 114 g/mol. The summed E-state index contributed by atoms with van der Waals surface area (Å²) in [5, 5.41) is 0. The van der Waals surface area contributed by atoms with E-state index < -0.39 is 0 Å². The van der Waals surface area contributed by atoms with Crippen molar-refractivity contribution in [3.05, 3.63) is 23.0 Å². The zero-order chi connectivity index (χ0) is 6.85. The topological polar surface area (TPSA) is 32.9 Å². The van der Waals surface area contributed by atoms with Gasteiger partial charge >= 0.3 is 0 Å². The van der Waals surface area contributed by atoms with Crippen LogP contribution in [-0.4, -0.2) is 11.3 Å². The molecule has 0 saturated carbocycles. The summed E-state index contributed by atoms with van der Waals surface area (Å²) in [5.41, 5.74) is 2.53. The summed E-state index contributed by atoms with van der Waals surface area (Å²) in [6.45, 7) is 3.76. The molecule has 0 aliphatic heterocycles. The van der Waals surface area contributed by atoms with E-state index in [1.54, 1.807) is 6.07 Å². The molecule has 1 aromatic rings. The maximum atomic E-state index is 10.1. The predicted octanol–water partition coefficient (Wildman–Crippen LogP) is 1.09. The third-order valence-electron chi connectivity index (χ3n) is 1.26. The van der Waals surface area contributed by atoms with Crippen LogP contribution >= 0.6 is 0 Å². The number of aryl methyl sites for hydroxylation is 2. The van der Waals surface area contributed by atoms with Gasteiger partial charge in [-0.3, -0.25) is 4.79 Å². The van der Waals surface area contributed by atoms with Crippen molar-refractivity contribution in [1.82, 2.24) is 4.98 Å². The summed E-state index contributed by atoms with van der Waals surface area (Å²) in [4.78, 5) is 13.1. The highest BCUT2D eigenvalue weighted by Gasteiger charge is 1.98. The molecule has 0 bridgehead atoms. The predicted molar refractivity (Wildman–Crippen MR) is 35.1 cm³/mol. The molecule has 9 heavy (non-hydrogen) atoms. The third kappa shape index (κ3) is 1.02. The number of aromatic nitrogens is 1. The first-order chi connectivity index (χ1) is 4.24. The van der Waals surface area contributed by atoms with Crippen molar-refractivity contribution in [2.75, 3.05) is 0 Å². The molecule has 2 nitrogen and oxygen atoms in total. The Bertz CT molecular complexity index is 225. The molecule has 0 aliphatic carbocycles. The molecule has 1 N–H and O–H groups in total. The van der Waals surface area contributed by atoms with E-state index in [4.69, 9.17) is 0 Å². The zero-order valence-corrected chi connectivity index (χ0v) is 5.49. The molecular formula is C7H8NO. The van der Waals surface area contributed by atoms with E-state index in [1.807, 2.05) is 20.1 Å². The van der Waals surface area contributed by atoms with Gasteiger partial charge in [0.05, 0.1) is 0 Å². The number of carbonyl (C=O) groups excluding carboxylic acids is 1. The van der Waals surface area contributed by atoms with Crippen LogP contribution in [0.3, 0.4) is 0 Å². The summed E-state index contributed by atoms with van der Waals surface area (Å²) < 4.78 is 0. The fourth-order valence-corrected chi connectivity index (χ4v) is 0.830. The van der Waals surface area contributed by atoms with Crippen molar-refractivity contribution in [3.63, 3.8) is 0 Å². The highest BCUT2D eigenvalue weighted by Crippen LogP contribution is 2.04. The number of H-pyrrole nitrogens is 1. The van der Waals surface area contributed by atoms with Crippen molar-refractivity contribution in [2.45, 2.75) is 13.8 Å². The van der Waals surface area contributed by atoms with Gasteiger partial charge in [-0.05, 0) is 19.9 Å². The van der Waals surface area contributed by atoms with Gasteiger partial charge in [0.25, 0.3) is 0 Å². The molecule has 0 aliphatic rings. The first kappa shape index (κ1) is 6.08. The molecule has 2 heteroatoms. The second-order valence-electron chi connectivity index (χ2n) is 2.09. The standard InChI is InChI=1S/C7H8NO/c1-5-3-7(4-9)6(2)8-5/h3,8H,1-2H3. The van der Waals surface area contributed by atoms with Crippen molar-refractivity contribution in [2.24, 2.45) is 0 Å². The Labute approximate surface area is 53.9 Å². The van der Waals surface area contributed by atoms with Crippen molar-refractivity contribution >= 4 is 6.29 Å². The van der Waals surface area contributed by atoms with E-state index in [-0.39, 0.29) is 0 Å². The average molecular weight is 122 g/mol. The molecule has 0 amide bonds. The minimum Gasteiger partial charge on any atom is -0.362 e. The lowest BCUT2D eigenvalue weighted by atomic mass is 10.3. The van der Waals surface area contributed by atoms with E-state index in [0.717, 1.165) is 11.4 Å². The van der Waals surface area contributed by atoms with E-state index in [1.165, 1.54) is 0 Å². The van der Waals surface area contributed by atoms with Gasteiger partial charge in [-0.2, -0.15) is 0 Å². The number of hydrogen-bond donors (Lipinski definition) is 1. The quantitative estimate of drug-likeness (QED) is 0.594. The Hall–Kier alpha value is -1.05. The highest BCUT2D eigenvalue weighted by molar-refractivity contribution is 5.77. The lowest BCUT2D eigenvalue weighted by Crippen LogP contribution is -1.78. The van der Waals surface area contributed by atoms with Crippen LogP contribution < -0.4 is 0 Å². The second kappa shape index (κ2) is 2.05. The molecule has 0 unspecified atom stereocenters. The molecule has 1 heterocycles. The smallest absolute Gasteiger partial charge is 0.235 e. The molecule has 0 spiro atoms. The first-order valence-electron chi connectivity index (χ1n) is 2.78. The summed E-state index contributed by atoms with van der Waals surface area (Å²) >= 11 is 0. The van der Waals surface area contributed by atoms with Crippen LogP contribution in [0.4, 0.5) is 0 Å². The number of rotatable bonds is 1. The van der Waals surface area contributed by atoms with Gasteiger partial charge in [0, 0.05) is 17.0 Å². The van der Waals surface area contributed by atoms with Crippen LogP contribution in [0.25, 0.3) is 0 Å². The van der Waals surface area contributed by atoms with Crippen molar-refractivity contribution in [1.29, 1.82) is 0 Å². The van der Waals surface area contributed by atoms with Crippen molar-refractivity contribution < 1.29 is 4.79 Å². The normalized spacial score (nSPS) is 9.56. The van der Waals surface area contributed by atoms with Gasteiger partial charge in [-0.15, -0.1) is 0 Å². The molecule has 1 aromatic heterocycles. The van der Waals surface area contributed by atoms with E-state index in [2.05, 4.69) is 4.98 Å². The van der Waals surface area contributed by atoms with Gasteiger partial charge in [0.1, 0.15) is 0 Å². The number of hydrogen-bond acceptors (Lipinski definition) is 1. The first-order valence-corrected chi connectivity index (χ1v) is 2.78. The Morgan fingerprint density at radius 3 is 2.44 bits per heavy atom. The molecule has 1 radical (unpaired) electrons. The molecule has 0 fully saturated rings. The molecule has 0 atom stereocenters. The van der Waals surface area contributed by atoms with Crippen LogP contribution in [0.1, 0.15) is 17.0 Å². The Morgan fingerprint density at radius 1 is 1.56 bits per heavy atom. The van der Waals surface area contributed by atoms with Gasteiger partial charge in [0.2, 0.25) is 6.29 Å². The minimum absolute atomic E-state index is 0.632. The fraction of sp³-hybridized carbons (Fsp3) is 0.286. The summed E-state index contributed by atoms with van der Waals surface area (Å²) in [5.74, 6) is 0. The number of nitrogens with one attached hydrogen (secondary N) is 1. The number of aromatic amines is 1. The zero-order valence-electron chi connectivity index (χ0n) is 5.49. The Balaban J connectivity index is 3.15. The van der Waals surface area contributed by atoms with Crippen LogP contribution in [0.2, 0.25) is 0 Å². The summed E-state index contributed by atoms with van der Waals surface area (Å²) in [6.07, 6.45) is 1.83. The molecule has 1 rings (SSSR count). The van der Waals surface area contributed by atoms with E-state index >= 15 is 0 Å². The van der Waals surface area contributed by atoms with Crippen LogP contribution in [-0.2, 0) is 4.79 Å². The molecule has 47 valence electrons. The van der Waals surface area contributed by atoms with Gasteiger partial charge in [-0.1, -0.05) is 0 Å². The summed E-state index contributed by atoms with van der Waals surface area (Å²) in [7, 11) is 0. The van der Waals surface area contributed by atoms with Crippen LogP contribution in [0.15, 0.2) is 6.07 Å². The maximum Gasteiger partial charge on any atom is 0.235 e. The minimum atomic E-state index is 0.632. The van der Waals surface area contributed by atoms with Crippen LogP contribution in [0.5, 0.6) is 0 Å². The Kier molecular flexibility index (Phi) is 1.39. The lowest BCUT2D eigenvalue weighted by Gasteiger charge is -1.80.